The van der Waals surface area contributed by atoms with E-state index >= 15 is 0 Å². The summed E-state index contributed by atoms with van der Waals surface area (Å²) in [5.74, 6) is 0. The molecule has 9 rings (SSSR count). The number of hydrogen-bond donors (Lipinski definition) is 0. The highest BCUT2D eigenvalue weighted by Gasteiger charge is 2.18. The van der Waals surface area contributed by atoms with Gasteiger partial charge in [-0.05, 0) is 106 Å². The van der Waals surface area contributed by atoms with Crippen molar-refractivity contribution in [3.8, 4) is 55.6 Å². The van der Waals surface area contributed by atoms with E-state index in [-0.39, 0.29) is 0 Å². The standard InChI is InChI=1S/C48H32/c1-3-12-33(13-4-1)35-22-24-36(25-23-35)39-18-11-19-42(31-39)48-44-21-10-9-20-43(44)47(37-15-5-2-6-16-37)45-29-28-41(32-46(45)48)40-27-26-34-14-7-8-17-38(34)30-40/h1-32H/i1D,2D,3D,4D,5D,6D,7D,8D,9D,10D,11D,12D,13D,14D,15D,16D,17D,18D,19D,20D,21D,22D,23D,24D,25D,26D,27D,28D,29D,30D,31D,32D. The first-order valence-corrected chi connectivity index (χ1v) is 14.0. The molecular formula is C48H32. The lowest BCUT2D eigenvalue weighted by Gasteiger charge is -2.19. The minimum atomic E-state index is -1.22. The van der Waals surface area contributed by atoms with Crippen molar-refractivity contribution in [1.82, 2.24) is 0 Å². The van der Waals surface area contributed by atoms with Crippen LogP contribution in [0.1, 0.15) is 43.9 Å². The molecule has 48 heavy (non-hydrogen) atoms. The molecule has 0 amide bonds. The third kappa shape index (κ3) is 4.96. The van der Waals surface area contributed by atoms with Crippen LogP contribution in [0.4, 0.5) is 0 Å². The fourth-order valence-corrected chi connectivity index (χ4v) is 5.16. The molecule has 0 nitrogen and oxygen atoms in total. The van der Waals surface area contributed by atoms with Crippen molar-refractivity contribution in [2.45, 2.75) is 0 Å². The zero-order valence-electron chi connectivity index (χ0n) is 56.0. The van der Waals surface area contributed by atoms with Gasteiger partial charge in [-0.2, -0.15) is 0 Å². The lowest BCUT2D eigenvalue weighted by Crippen LogP contribution is -1.92. The lowest BCUT2D eigenvalue weighted by molar-refractivity contribution is 1.58. The fraction of sp³-hybridized carbons (Fsp3) is 0. The van der Waals surface area contributed by atoms with Gasteiger partial charge in [-0.3, -0.25) is 0 Å². The smallest absolute Gasteiger partial charge is 0.0622 e. The van der Waals surface area contributed by atoms with Crippen LogP contribution in [0.2, 0.25) is 0 Å². The zero-order valence-corrected chi connectivity index (χ0v) is 24.0. The van der Waals surface area contributed by atoms with Gasteiger partial charge in [-0.1, -0.05) is 175 Å². The minimum absolute atomic E-state index is 0.634. The first-order chi connectivity index (χ1) is 37.1. The Morgan fingerprint density at radius 2 is 0.667 bits per heavy atom. The van der Waals surface area contributed by atoms with E-state index in [1.165, 1.54) is 0 Å². The van der Waals surface area contributed by atoms with E-state index in [1.807, 2.05) is 0 Å². The van der Waals surface area contributed by atoms with Crippen molar-refractivity contribution in [2.75, 3.05) is 0 Å². The summed E-state index contributed by atoms with van der Waals surface area (Å²) < 4.78 is 287. The van der Waals surface area contributed by atoms with Gasteiger partial charge >= 0.3 is 0 Å². The Morgan fingerprint density at radius 1 is 0.229 bits per heavy atom. The Morgan fingerprint density at radius 3 is 1.40 bits per heavy atom. The summed E-state index contributed by atoms with van der Waals surface area (Å²) in [6, 6.07) is -33.4. The second-order valence-corrected chi connectivity index (χ2v) is 10.0. The topological polar surface area (TPSA) is 0 Å². The van der Waals surface area contributed by atoms with E-state index in [2.05, 4.69) is 0 Å². The molecule has 0 fully saturated rings. The van der Waals surface area contributed by atoms with Gasteiger partial charge in [-0.15, -0.1) is 0 Å². The van der Waals surface area contributed by atoms with Crippen molar-refractivity contribution in [1.29, 1.82) is 0 Å². The molecule has 0 spiro atoms. The average Bonchev–Trinajstić information content (AvgIpc) is 3.56. The van der Waals surface area contributed by atoms with Gasteiger partial charge in [0.15, 0.2) is 0 Å². The molecule has 224 valence electrons. The molecule has 9 aromatic carbocycles. The number of hydrogen-bond acceptors (Lipinski definition) is 0. The van der Waals surface area contributed by atoms with Crippen molar-refractivity contribution < 1.29 is 43.9 Å². The highest BCUT2D eigenvalue weighted by atomic mass is 14.2. The molecule has 0 aliphatic heterocycles. The van der Waals surface area contributed by atoms with Gasteiger partial charge in [0, 0.05) is 0 Å². The number of fused-ring (bicyclic) bond motifs is 3. The Kier molecular flexibility index (Phi) is 2.56. The van der Waals surface area contributed by atoms with E-state index < -0.39 is 281 Å². The summed E-state index contributed by atoms with van der Waals surface area (Å²) in [7, 11) is 0. The van der Waals surface area contributed by atoms with Gasteiger partial charge in [0.25, 0.3) is 0 Å². The fourth-order valence-electron chi connectivity index (χ4n) is 5.16. The van der Waals surface area contributed by atoms with Crippen LogP contribution in [-0.2, 0) is 0 Å². The maximum absolute atomic E-state index is 10.1. The van der Waals surface area contributed by atoms with Gasteiger partial charge in [-0.25, -0.2) is 0 Å². The van der Waals surface area contributed by atoms with Gasteiger partial charge in [0.05, 0.1) is 43.9 Å². The molecule has 0 aromatic heterocycles. The molecule has 0 aliphatic rings. The quantitative estimate of drug-likeness (QED) is 0.164. The summed E-state index contributed by atoms with van der Waals surface area (Å²) >= 11 is 0. The van der Waals surface area contributed by atoms with Crippen LogP contribution in [0.25, 0.3) is 88.0 Å². The van der Waals surface area contributed by atoms with Crippen LogP contribution in [0.15, 0.2) is 193 Å². The number of benzene rings is 9. The summed E-state index contributed by atoms with van der Waals surface area (Å²) in [5.41, 5.74) is -9.19. The molecule has 0 heterocycles. The highest BCUT2D eigenvalue weighted by Crippen LogP contribution is 2.45. The Hall–Kier alpha value is -6.24. The normalized spacial score (nSPS) is 20.7. The molecule has 0 heteroatoms. The monoisotopic (exact) mass is 640 g/mol. The third-order valence-electron chi connectivity index (χ3n) is 7.25. The summed E-state index contributed by atoms with van der Waals surface area (Å²) in [6.07, 6.45) is 0. The van der Waals surface area contributed by atoms with Crippen molar-refractivity contribution in [2.24, 2.45) is 0 Å². The van der Waals surface area contributed by atoms with Gasteiger partial charge < -0.3 is 0 Å². The molecule has 0 saturated carbocycles. The molecule has 9 aromatic rings. The van der Waals surface area contributed by atoms with E-state index in [0.29, 0.717) is 0 Å². The summed E-state index contributed by atoms with van der Waals surface area (Å²) in [6.45, 7) is 0. The van der Waals surface area contributed by atoms with E-state index in [1.54, 1.807) is 0 Å². The lowest BCUT2D eigenvalue weighted by atomic mass is 9.84. The first kappa shape index (κ1) is 10.4. The van der Waals surface area contributed by atoms with Crippen molar-refractivity contribution >= 4 is 32.3 Å². The van der Waals surface area contributed by atoms with Crippen molar-refractivity contribution in [3.63, 3.8) is 0 Å². The minimum Gasteiger partial charge on any atom is -0.0622 e. The number of rotatable bonds is 5. The zero-order chi connectivity index (χ0) is 59.7. The maximum atomic E-state index is 10.1. The Balaban J connectivity index is 1.61. The largest absolute Gasteiger partial charge is 0.0636 e. The molecule has 0 aliphatic carbocycles. The van der Waals surface area contributed by atoms with E-state index in [0.717, 1.165) is 0 Å². The predicted octanol–water partition coefficient (Wildman–Crippen LogP) is 13.5. The van der Waals surface area contributed by atoms with Gasteiger partial charge in [0.2, 0.25) is 0 Å². The van der Waals surface area contributed by atoms with Crippen LogP contribution in [0, 0.1) is 0 Å². The van der Waals surface area contributed by atoms with Crippen molar-refractivity contribution in [3.05, 3.63) is 193 Å². The molecular weight excluding hydrogens is 577 g/mol. The van der Waals surface area contributed by atoms with Crippen LogP contribution in [0.3, 0.4) is 0 Å². The average molecular weight is 641 g/mol. The Bertz CT molecular complexity index is 4340. The first-order valence-electron chi connectivity index (χ1n) is 30.0. The molecule has 0 unspecified atom stereocenters. The van der Waals surface area contributed by atoms with Gasteiger partial charge in [0.1, 0.15) is 0 Å². The second kappa shape index (κ2) is 11.8. The van der Waals surface area contributed by atoms with E-state index in [4.69, 9.17) is 27.4 Å². The van der Waals surface area contributed by atoms with Crippen LogP contribution < -0.4 is 0 Å². The van der Waals surface area contributed by atoms with Crippen LogP contribution in [-0.4, -0.2) is 0 Å². The highest BCUT2D eigenvalue weighted by molar-refractivity contribution is 6.22. The predicted molar refractivity (Wildman–Crippen MR) is 206 cm³/mol. The molecule has 0 radical (unpaired) electrons. The van der Waals surface area contributed by atoms with E-state index in [9.17, 15) is 16.4 Å². The van der Waals surface area contributed by atoms with Crippen LogP contribution in [0.5, 0.6) is 0 Å². The molecule has 0 saturated heterocycles. The molecule has 0 N–H and O–H groups in total. The second-order valence-electron chi connectivity index (χ2n) is 10.0. The summed E-state index contributed by atoms with van der Waals surface area (Å²) in [4.78, 5) is 0. The summed E-state index contributed by atoms with van der Waals surface area (Å²) in [5, 5.41) is -4.90. The molecule has 0 bridgehead atoms. The molecule has 0 atom stereocenters. The SMILES string of the molecule is [2H]c1c([2H])c([2H])c(-c2c([2H])c([2H])c(-c3c([2H])c([2H])c([2H])c(-c4c5c([2H])c([2H])c([2H])c([2H])c5c(-c5c([2H])c([2H])c([2H])c([2H])c5[2H])c5c([2H])c([2H])c(-c6c([2H])c([2H])c7c([2H])c([2H])c([2H])c([2H])c7c6[2H])c([2H])c45)c3[2H])c([2H])c2[2H])c([2H])c1[2H]. The van der Waals surface area contributed by atoms with Crippen LogP contribution >= 0.6 is 0 Å². The Labute approximate surface area is 326 Å². The maximum Gasteiger partial charge on any atom is 0.0636 e. The third-order valence-corrected chi connectivity index (χ3v) is 7.25.